The zero-order valence-electron chi connectivity index (χ0n) is 69.2. The molecule has 12 nitrogen and oxygen atoms in total. The number of rotatable bonds is 16. The maximum Gasteiger partial charge on any atom is 0.494 e. The minimum atomic E-state index is -0.540. The van der Waals surface area contributed by atoms with Crippen LogP contribution in [-0.2, 0) is 18.6 Å². The topological polar surface area (TPSA) is 140 Å². The van der Waals surface area contributed by atoms with Crippen LogP contribution >= 0.6 is 11.6 Å². The van der Waals surface area contributed by atoms with Crippen molar-refractivity contribution in [2.24, 2.45) is 0 Å². The van der Waals surface area contributed by atoms with Crippen LogP contribution in [0.4, 0.5) is 0 Å². The van der Waals surface area contributed by atoms with Gasteiger partial charge in [0.2, 0.25) is 5.28 Å². The van der Waals surface area contributed by atoms with E-state index >= 15 is 0 Å². The molecule has 2 fully saturated rings. The first-order valence-electron chi connectivity index (χ1n) is 40.7. The molecule has 0 N–H and O–H groups in total. The van der Waals surface area contributed by atoms with Gasteiger partial charge in [-0.15, -0.1) is 0 Å². The molecule has 17 aromatic rings. The molecule has 2 aliphatic heterocycles. The largest absolute Gasteiger partial charge is 0.494 e. The molecule has 593 valence electrons. The molecule has 0 spiro atoms. The molecule has 2 saturated heterocycles. The molecule has 2 aliphatic rings. The van der Waals surface area contributed by atoms with Crippen LogP contribution in [0.15, 0.2) is 382 Å². The lowest BCUT2D eigenvalue weighted by atomic mass is 9.70. The SMILES string of the molecule is CC1(C)OB(c2cc(B3OC(C)(C)C(C)(C)O3)cc(-c3cc(-c4ccccc4)cc(-c4ccccc4)n3)c2)OC1(C)C.Clc1nc(-c2ccccc2)cc(-c2ccccc2)n1.[B].[HH].c1ccc(-c2cc(-c3ccccc3)nc(-c3cc(-c4nc(-c5ccccc5)cc(-c5ccccc5)n4)cc(-c4nc(-c5ccccc5)cc(-c5ccccc5)n4)c3)c2)cc1. The third kappa shape index (κ3) is 18.6. The van der Waals surface area contributed by atoms with E-state index in [0.717, 1.165) is 157 Å². The Balaban J connectivity index is 0.000000161. The van der Waals surface area contributed by atoms with Crippen LogP contribution in [0, 0.1) is 0 Å². The van der Waals surface area contributed by atoms with Gasteiger partial charge >= 0.3 is 14.2 Å². The Morgan fingerprint density at radius 3 is 0.623 bits per heavy atom. The predicted octanol–water partition coefficient (Wildman–Crippen LogP) is 24.7. The summed E-state index contributed by atoms with van der Waals surface area (Å²) in [6, 6.07) is 130. The molecule has 0 bridgehead atoms. The van der Waals surface area contributed by atoms with Gasteiger partial charge in [-0.2, -0.15) is 0 Å². The number of hydrogen-bond acceptors (Lipinski definition) is 12. The standard InChI is InChI=1S/C55H37N5.C35H39B2NO4.C16H11ClN2.B.H2/c1-7-19-38(20-8-1)44-34-48(39-21-9-2-10-22-39)56-49(35-44)45-31-46(54-57-50(40-23-11-3-12-24-40)36-51(58-54)41-25-13-4-14-26-41)33-47(32-45)55-59-52(42-27-15-5-16-28-42)37-53(60-55)43-29-17-6-18-30-43;1-32(2)33(3,4)40-36(39-32)28-19-27(20-29(23-28)37-41-34(5,6)35(7,8)42-37)31-22-26(24-15-11-9-12-16-24)21-30(38-31)25-17-13-10-14-18-25;17-16-18-14(12-7-3-1-4-8-12)11-15(19-16)13-9-5-2-6-10-13;;/h1-37H;9-23H,1-8H3;1-11H;;1H. The van der Waals surface area contributed by atoms with Crippen molar-refractivity contribution in [3.8, 4) is 158 Å². The van der Waals surface area contributed by atoms with Gasteiger partial charge in [0.05, 0.1) is 79.3 Å². The number of nitrogens with zero attached hydrogens (tertiary/aromatic N) is 8. The van der Waals surface area contributed by atoms with Gasteiger partial charge < -0.3 is 18.6 Å². The summed E-state index contributed by atoms with van der Waals surface area (Å²) >= 11 is 6.03. The van der Waals surface area contributed by atoms with Gasteiger partial charge in [0, 0.05) is 71.0 Å². The number of aromatic nitrogens is 8. The van der Waals surface area contributed by atoms with Gasteiger partial charge in [0.15, 0.2) is 11.6 Å². The first-order valence-corrected chi connectivity index (χ1v) is 41.1. The molecule has 12 aromatic carbocycles. The zero-order chi connectivity index (χ0) is 83.1. The smallest absolute Gasteiger partial charge is 0.399 e. The van der Waals surface area contributed by atoms with E-state index in [1.165, 1.54) is 0 Å². The highest BCUT2D eigenvalue weighted by Gasteiger charge is 2.54. The van der Waals surface area contributed by atoms with E-state index in [-0.39, 0.29) is 15.1 Å². The summed E-state index contributed by atoms with van der Waals surface area (Å²) in [5.41, 5.74) is 24.4. The van der Waals surface area contributed by atoms with Crippen LogP contribution in [0.1, 0.15) is 56.8 Å². The molecule has 16 heteroatoms. The first kappa shape index (κ1) is 82.2. The highest BCUT2D eigenvalue weighted by molar-refractivity contribution is 6.66. The number of benzene rings is 12. The Kier molecular flexibility index (Phi) is 24.1. The molecule has 0 amide bonds. The van der Waals surface area contributed by atoms with Gasteiger partial charge in [-0.25, -0.2) is 39.9 Å². The van der Waals surface area contributed by atoms with E-state index in [0.29, 0.717) is 11.6 Å². The summed E-state index contributed by atoms with van der Waals surface area (Å²) in [7, 11) is -1.08. The van der Waals surface area contributed by atoms with Gasteiger partial charge in [-0.1, -0.05) is 322 Å². The predicted molar refractivity (Wildman–Crippen MR) is 502 cm³/mol. The maximum atomic E-state index is 6.50. The molecule has 5 aromatic heterocycles. The molecule has 0 unspecified atom stereocenters. The Morgan fingerprint density at radius 1 is 0.197 bits per heavy atom. The van der Waals surface area contributed by atoms with Crippen molar-refractivity contribution < 1.29 is 20.0 Å². The summed E-state index contributed by atoms with van der Waals surface area (Å²) in [5, 5.41) is 0.264. The van der Waals surface area contributed by atoms with Gasteiger partial charge in [0.25, 0.3) is 0 Å². The summed E-state index contributed by atoms with van der Waals surface area (Å²) in [5.74, 6) is 1.17. The van der Waals surface area contributed by atoms with Gasteiger partial charge in [-0.05, 0) is 166 Å². The molecule has 3 radical (unpaired) electrons. The fourth-order valence-corrected chi connectivity index (χ4v) is 14.8. The first-order chi connectivity index (χ1) is 58.8. The van der Waals surface area contributed by atoms with E-state index < -0.39 is 36.6 Å². The number of pyridine rings is 2. The van der Waals surface area contributed by atoms with Crippen LogP contribution in [0.5, 0.6) is 0 Å². The molecule has 19 rings (SSSR count). The number of hydrogen-bond donors (Lipinski definition) is 0. The van der Waals surface area contributed by atoms with Crippen molar-refractivity contribution in [3.63, 3.8) is 0 Å². The lowest BCUT2D eigenvalue weighted by Crippen LogP contribution is -2.41. The quantitative estimate of drug-likeness (QED) is 0.0672. The lowest BCUT2D eigenvalue weighted by molar-refractivity contribution is 0.00578. The van der Waals surface area contributed by atoms with Crippen LogP contribution in [-0.4, -0.2) is 84.9 Å². The van der Waals surface area contributed by atoms with Crippen molar-refractivity contribution in [2.45, 2.75) is 77.8 Å². The Hall–Kier alpha value is -13.5. The Labute approximate surface area is 723 Å². The average molecular weight is 1610 g/mol. The monoisotopic (exact) mass is 1610 g/mol. The summed E-state index contributed by atoms with van der Waals surface area (Å²) in [4.78, 5) is 40.1. The minimum Gasteiger partial charge on any atom is -0.399 e. The van der Waals surface area contributed by atoms with Crippen LogP contribution in [0.2, 0.25) is 5.28 Å². The summed E-state index contributed by atoms with van der Waals surface area (Å²) < 4.78 is 26.0. The molecule has 122 heavy (non-hydrogen) atoms. The zero-order valence-corrected chi connectivity index (χ0v) is 69.9. The minimum absolute atomic E-state index is 0. The molecule has 0 saturated carbocycles. The number of halogens is 1. The van der Waals surface area contributed by atoms with Crippen LogP contribution < -0.4 is 10.9 Å². The lowest BCUT2D eigenvalue weighted by Gasteiger charge is -2.32. The van der Waals surface area contributed by atoms with E-state index in [1.807, 2.05) is 188 Å². The molecular weight excluding hydrogens is 1520 g/mol. The molecular formula is C106H89B3ClN8O4. The van der Waals surface area contributed by atoms with Crippen molar-refractivity contribution in [1.82, 2.24) is 39.9 Å². The summed E-state index contributed by atoms with van der Waals surface area (Å²) in [6.07, 6.45) is 0. The Morgan fingerprint density at radius 2 is 0.385 bits per heavy atom. The van der Waals surface area contributed by atoms with E-state index in [4.69, 9.17) is 60.1 Å². The highest BCUT2D eigenvalue weighted by atomic mass is 35.5. The van der Waals surface area contributed by atoms with Crippen molar-refractivity contribution in [1.29, 1.82) is 0 Å². The van der Waals surface area contributed by atoms with Crippen molar-refractivity contribution >= 4 is 45.2 Å². The van der Waals surface area contributed by atoms with Crippen molar-refractivity contribution in [2.75, 3.05) is 0 Å². The second-order valence-corrected chi connectivity index (χ2v) is 32.4. The van der Waals surface area contributed by atoms with Crippen molar-refractivity contribution in [3.05, 3.63) is 387 Å². The Bertz CT molecular complexity index is 5760. The van der Waals surface area contributed by atoms with Crippen LogP contribution in [0.25, 0.3) is 158 Å². The second kappa shape index (κ2) is 35.8. The van der Waals surface area contributed by atoms with Gasteiger partial charge in [0.1, 0.15) is 0 Å². The van der Waals surface area contributed by atoms with E-state index in [1.54, 1.807) is 0 Å². The fraction of sp³-hybridized carbons (Fsp3) is 0.113. The maximum absolute atomic E-state index is 6.50. The molecule has 7 heterocycles. The van der Waals surface area contributed by atoms with E-state index in [9.17, 15) is 0 Å². The fourth-order valence-electron chi connectivity index (χ4n) is 14.7. The van der Waals surface area contributed by atoms with Crippen LogP contribution in [0.3, 0.4) is 0 Å². The highest BCUT2D eigenvalue weighted by Crippen LogP contribution is 2.42. The summed E-state index contributed by atoms with van der Waals surface area (Å²) in [6.45, 7) is 16.6. The van der Waals surface area contributed by atoms with E-state index in [2.05, 4.69) is 259 Å². The molecule has 0 atom stereocenters. The third-order valence-electron chi connectivity index (χ3n) is 22.6. The van der Waals surface area contributed by atoms with Gasteiger partial charge in [-0.3, -0.25) is 0 Å². The third-order valence-corrected chi connectivity index (χ3v) is 22.8. The average Bonchev–Trinajstić information content (AvgIpc) is 1.64. The normalized spacial score (nSPS) is 14.0. The second-order valence-electron chi connectivity index (χ2n) is 32.1. The molecule has 0 aliphatic carbocycles.